The summed E-state index contributed by atoms with van der Waals surface area (Å²) in [5.74, 6) is 0. The number of rotatable bonds is 6. The lowest BCUT2D eigenvalue weighted by Crippen LogP contribution is -2.15. The van der Waals surface area contributed by atoms with Crippen LogP contribution in [0.1, 0.15) is 33.1 Å². The maximum absolute atomic E-state index is 5.34. The van der Waals surface area contributed by atoms with Gasteiger partial charge in [-0.3, -0.25) is 0 Å². The molecule has 10 heavy (non-hydrogen) atoms. The van der Waals surface area contributed by atoms with Crippen LogP contribution in [0.3, 0.4) is 0 Å². The molecule has 3 heteroatoms. The highest BCUT2D eigenvalue weighted by atomic mass is 27.1. The van der Waals surface area contributed by atoms with Crippen LogP contribution in [0.15, 0.2) is 0 Å². The van der Waals surface area contributed by atoms with E-state index in [1.165, 1.54) is 6.42 Å². The van der Waals surface area contributed by atoms with Crippen molar-refractivity contribution in [2.75, 3.05) is 6.61 Å². The molecule has 1 atom stereocenters. The van der Waals surface area contributed by atoms with E-state index >= 15 is 0 Å². The average molecular weight is 158 g/mol. The molecule has 0 saturated heterocycles. The molecular weight excluding hydrogens is 143 g/mol. The summed E-state index contributed by atoms with van der Waals surface area (Å²) in [6.07, 6.45) is 3.17. The van der Waals surface area contributed by atoms with E-state index in [1.807, 2.05) is 6.92 Å². The summed E-state index contributed by atoms with van der Waals surface area (Å²) in [6, 6.07) is 0. The molecule has 0 N–H and O–H groups in total. The van der Waals surface area contributed by atoms with Crippen LogP contribution in [0.4, 0.5) is 0 Å². The summed E-state index contributed by atoms with van der Waals surface area (Å²) < 4.78 is 10.3. The third-order valence-corrected chi connectivity index (χ3v) is 1.59. The maximum Gasteiger partial charge on any atom is 0.373 e. The van der Waals surface area contributed by atoms with Crippen molar-refractivity contribution in [1.82, 2.24) is 0 Å². The van der Waals surface area contributed by atoms with Crippen LogP contribution in [0.2, 0.25) is 0 Å². The number of hydrogen-bond donors (Lipinski definition) is 0. The Morgan fingerprint density at radius 1 is 1.40 bits per heavy atom. The molecule has 0 bridgehead atoms. The molecule has 0 aliphatic rings. The Morgan fingerprint density at radius 2 is 2.10 bits per heavy atom. The molecule has 0 fully saturated rings. The van der Waals surface area contributed by atoms with Crippen LogP contribution in [-0.2, 0) is 8.53 Å². The fourth-order valence-corrected chi connectivity index (χ4v) is 0.883. The van der Waals surface area contributed by atoms with E-state index in [0.717, 1.165) is 19.4 Å². The SMILES string of the molecule is CCCCOC(CC)[O][Al]. The first-order chi connectivity index (χ1) is 4.85. The molecule has 2 nitrogen and oxygen atoms in total. The van der Waals surface area contributed by atoms with Gasteiger partial charge in [0.2, 0.25) is 0 Å². The van der Waals surface area contributed by atoms with Gasteiger partial charge in [-0.15, -0.1) is 0 Å². The summed E-state index contributed by atoms with van der Waals surface area (Å²) in [5, 5.41) is 0. The van der Waals surface area contributed by atoms with E-state index in [0.29, 0.717) is 0 Å². The Hall–Kier alpha value is 0.452. The van der Waals surface area contributed by atoms with Crippen molar-refractivity contribution < 1.29 is 8.53 Å². The van der Waals surface area contributed by atoms with Gasteiger partial charge in [-0.1, -0.05) is 20.3 Å². The molecule has 0 spiro atoms. The second kappa shape index (κ2) is 7.56. The highest BCUT2D eigenvalue weighted by Gasteiger charge is 1.99. The molecule has 0 aromatic carbocycles. The number of hydrogen-bond acceptors (Lipinski definition) is 2. The van der Waals surface area contributed by atoms with Gasteiger partial charge in [0.15, 0.2) is 0 Å². The minimum Gasteiger partial charge on any atom is -0.495 e. The van der Waals surface area contributed by atoms with Crippen molar-refractivity contribution in [3.05, 3.63) is 0 Å². The van der Waals surface area contributed by atoms with E-state index < -0.39 is 0 Å². The van der Waals surface area contributed by atoms with Crippen LogP contribution in [-0.4, -0.2) is 29.5 Å². The topological polar surface area (TPSA) is 18.5 Å². The molecule has 0 aromatic rings. The van der Waals surface area contributed by atoms with Gasteiger partial charge in [0.25, 0.3) is 0 Å². The number of ether oxygens (including phenoxy) is 1. The van der Waals surface area contributed by atoms with Crippen LogP contribution >= 0.6 is 0 Å². The van der Waals surface area contributed by atoms with Crippen molar-refractivity contribution in [3.63, 3.8) is 0 Å². The van der Waals surface area contributed by atoms with E-state index in [9.17, 15) is 0 Å². The molecular formula is C7H15AlO2. The summed E-state index contributed by atoms with van der Waals surface area (Å²) in [5.41, 5.74) is 0. The first-order valence-electron chi connectivity index (χ1n) is 3.82. The zero-order valence-electron chi connectivity index (χ0n) is 6.80. The first kappa shape index (κ1) is 10.5. The van der Waals surface area contributed by atoms with Crippen LogP contribution < -0.4 is 0 Å². The van der Waals surface area contributed by atoms with E-state index in [1.54, 1.807) is 0 Å². The van der Waals surface area contributed by atoms with E-state index in [4.69, 9.17) is 8.53 Å². The normalized spacial score (nSPS) is 13.4. The maximum atomic E-state index is 5.34. The molecule has 0 aromatic heterocycles. The lowest BCUT2D eigenvalue weighted by Gasteiger charge is -2.15. The average Bonchev–Trinajstić information content (AvgIpc) is 1.99. The van der Waals surface area contributed by atoms with Gasteiger partial charge >= 0.3 is 16.6 Å². The van der Waals surface area contributed by atoms with Crippen molar-refractivity contribution >= 4 is 16.6 Å². The van der Waals surface area contributed by atoms with Gasteiger partial charge in [0, 0.05) is 6.61 Å². The zero-order valence-corrected chi connectivity index (χ0v) is 7.95. The fourth-order valence-electron chi connectivity index (χ4n) is 0.612. The van der Waals surface area contributed by atoms with Crippen LogP contribution in [0.25, 0.3) is 0 Å². The van der Waals surface area contributed by atoms with E-state index in [-0.39, 0.29) is 6.29 Å². The standard InChI is InChI=1S/C7H15O2.Al/c1-3-5-6-9-7(8)4-2;/h7H,3-6H2,1-2H3;/q-1;+1. The summed E-state index contributed by atoms with van der Waals surface area (Å²) >= 11 is 2.22. The molecule has 58 valence electrons. The molecule has 0 aliphatic carbocycles. The molecule has 0 heterocycles. The van der Waals surface area contributed by atoms with Crippen molar-refractivity contribution in [2.24, 2.45) is 0 Å². The van der Waals surface area contributed by atoms with Crippen molar-refractivity contribution in [1.29, 1.82) is 0 Å². The van der Waals surface area contributed by atoms with Crippen molar-refractivity contribution in [2.45, 2.75) is 39.4 Å². The van der Waals surface area contributed by atoms with E-state index in [2.05, 4.69) is 23.5 Å². The van der Waals surface area contributed by atoms with Gasteiger partial charge < -0.3 is 8.53 Å². The Balaban J connectivity index is 3.09. The highest BCUT2D eigenvalue weighted by Crippen LogP contribution is 1.99. The Bertz CT molecular complexity index is 64.6. The Kier molecular flexibility index (Phi) is 7.90. The molecule has 1 unspecified atom stereocenters. The molecule has 2 radical (unpaired) electrons. The highest BCUT2D eigenvalue weighted by molar-refractivity contribution is 5.98. The second-order valence-corrected chi connectivity index (χ2v) is 2.47. The predicted molar refractivity (Wildman–Crippen MR) is 41.8 cm³/mol. The summed E-state index contributed by atoms with van der Waals surface area (Å²) in [6.45, 7) is 5.00. The third-order valence-electron chi connectivity index (χ3n) is 1.29. The monoisotopic (exact) mass is 158 g/mol. The summed E-state index contributed by atoms with van der Waals surface area (Å²) in [4.78, 5) is 0. The van der Waals surface area contributed by atoms with Crippen LogP contribution in [0, 0.1) is 0 Å². The molecule has 0 aliphatic heterocycles. The fraction of sp³-hybridized carbons (Fsp3) is 1.00. The second-order valence-electron chi connectivity index (χ2n) is 2.20. The van der Waals surface area contributed by atoms with Gasteiger partial charge in [0.05, 0.1) is 0 Å². The molecule has 0 rings (SSSR count). The van der Waals surface area contributed by atoms with Gasteiger partial charge in [-0.25, -0.2) is 0 Å². The largest absolute Gasteiger partial charge is 0.495 e. The third kappa shape index (κ3) is 5.25. The number of unbranched alkanes of at least 4 members (excludes halogenated alkanes) is 1. The predicted octanol–water partition coefficient (Wildman–Crippen LogP) is 1.64. The van der Waals surface area contributed by atoms with Crippen LogP contribution in [0.5, 0.6) is 0 Å². The molecule has 0 saturated carbocycles. The van der Waals surface area contributed by atoms with Gasteiger partial charge in [-0.2, -0.15) is 0 Å². The lowest BCUT2D eigenvalue weighted by molar-refractivity contribution is -0.0787. The minimum atomic E-state index is -0.0310. The summed E-state index contributed by atoms with van der Waals surface area (Å²) in [7, 11) is 0. The van der Waals surface area contributed by atoms with Gasteiger partial charge in [0.1, 0.15) is 6.29 Å². The van der Waals surface area contributed by atoms with Crippen molar-refractivity contribution in [3.8, 4) is 0 Å². The quantitative estimate of drug-likeness (QED) is 0.332. The zero-order chi connectivity index (χ0) is 7.82. The lowest BCUT2D eigenvalue weighted by atomic mass is 10.4. The Labute approximate surface area is 71.7 Å². The molecule has 0 amide bonds. The smallest absolute Gasteiger partial charge is 0.373 e. The minimum absolute atomic E-state index is 0.0310. The van der Waals surface area contributed by atoms with Gasteiger partial charge in [-0.05, 0) is 12.8 Å². The first-order valence-corrected chi connectivity index (χ1v) is 4.29. The Morgan fingerprint density at radius 3 is 2.50 bits per heavy atom.